The summed E-state index contributed by atoms with van der Waals surface area (Å²) in [6.07, 6.45) is -4.05. The maximum atomic E-state index is 12.1. The number of carbonyl (C=O) groups is 1. The second-order valence-electron chi connectivity index (χ2n) is 4.26. The first-order chi connectivity index (χ1) is 8.65. The van der Waals surface area contributed by atoms with E-state index in [1.165, 1.54) is 7.11 Å². The Bertz CT molecular complexity index is 405. The highest BCUT2D eigenvalue weighted by molar-refractivity contribution is 6.00. The summed E-state index contributed by atoms with van der Waals surface area (Å²) in [5, 5.41) is 19.6. The number of aliphatic hydroxyl groups is 2. The number of ketones is 1. The Kier molecular flexibility index (Phi) is 4.08. The molecule has 0 saturated carbocycles. The van der Waals surface area contributed by atoms with Crippen LogP contribution in [0.3, 0.4) is 0 Å². The van der Waals surface area contributed by atoms with E-state index in [2.05, 4.69) is 0 Å². The molecule has 5 heteroatoms. The standard InChI is InChI=1S/C13H16O5/c1-17-7-9-11(15)12(16)13(18-9)10(14)8-5-3-2-4-6-8/h2-6,9,11-13,15-16H,7H2,1H3/t9-,11?,12?,13+/m1/s1. The molecule has 2 unspecified atom stereocenters. The Balaban J connectivity index is 2.12. The monoisotopic (exact) mass is 252 g/mol. The third kappa shape index (κ3) is 2.44. The van der Waals surface area contributed by atoms with Gasteiger partial charge in [0.2, 0.25) is 0 Å². The molecule has 0 amide bonds. The van der Waals surface area contributed by atoms with Crippen molar-refractivity contribution in [3.05, 3.63) is 35.9 Å². The molecule has 1 aromatic carbocycles. The van der Waals surface area contributed by atoms with Crippen molar-refractivity contribution in [3.8, 4) is 0 Å². The summed E-state index contributed by atoms with van der Waals surface area (Å²) in [5.41, 5.74) is 0.451. The van der Waals surface area contributed by atoms with Gasteiger partial charge in [-0.05, 0) is 0 Å². The largest absolute Gasteiger partial charge is 0.387 e. The van der Waals surface area contributed by atoms with Gasteiger partial charge >= 0.3 is 0 Å². The van der Waals surface area contributed by atoms with Crippen LogP contribution in [0.2, 0.25) is 0 Å². The van der Waals surface area contributed by atoms with Crippen molar-refractivity contribution in [2.24, 2.45) is 0 Å². The molecular weight excluding hydrogens is 236 g/mol. The fourth-order valence-corrected chi connectivity index (χ4v) is 2.03. The van der Waals surface area contributed by atoms with Crippen LogP contribution in [0.25, 0.3) is 0 Å². The van der Waals surface area contributed by atoms with Crippen molar-refractivity contribution >= 4 is 5.78 Å². The van der Waals surface area contributed by atoms with Crippen molar-refractivity contribution in [2.75, 3.05) is 13.7 Å². The van der Waals surface area contributed by atoms with Crippen LogP contribution in [0.15, 0.2) is 30.3 Å². The van der Waals surface area contributed by atoms with Gasteiger partial charge in [0.25, 0.3) is 0 Å². The molecule has 2 rings (SSSR count). The molecule has 1 saturated heterocycles. The molecule has 18 heavy (non-hydrogen) atoms. The van der Waals surface area contributed by atoms with Crippen LogP contribution in [-0.4, -0.2) is 54.1 Å². The van der Waals surface area contributed by atoms with E-state index in [1.54, 1.807) is 30.3 Å². The third-order valence-electron chi connectivity index (χ3n) is 3.01. The third-order valence-corrected chi connectivity index (χ3v) is 3.01. The topological polar surface area (TPSA) is 76.0 Å². The van der Waals surface area contributed by atoms with Gasteiger partial charge in [0.1, 0.15) is 24.4 Å². The average Bonchev–Trinajstić information content (AvgIpc) is 2.68. The van der Waals surface area contributed by atoms with Gasteiger partial charge in [-0.3, -0.25) is 4.79 Å². The molecule has 2 N–H and O–H groups in total. The summed E-state index contributed by atoms with van der Waals surface area (Å²) in [7, 11) is 1.47. The van der Waals surface area contributed by atoms with E-state index >= 15 is 0 Å². The predicted octanol–water partition coefficient (Wildman–Crippen LogP) is 0.00490. The Morgan fingerprint density at radius 1 is 1.28 bits per heavy atom. The maximum absolute atomic E-state index is 12.1. The lowest BCUT2D eigenvalue weighted by Crippen LogP contribution is -2.37. The minimum Gasteiger partial charge on any atom is -0.387 e. The highest BCUT2D eigenvalue weighted by Gasteiger charge is 2.46. The van der Waals surface area contributed by atoms with Crippen molar-refractivity contribution < 1.29 is 24.5 Å². The second kappa shape index (κ2) is 5.58. The van der Waals surface area contributed by atoms with Crippen molar-refractivity contribution in [3.63, 3.8) is 0 Å². The smallest absolute Gasteiger partial charge is 0.194 e. The lowest BCUT2D eigenvalue weighted by molar-refractivity contribution is -0.0276. The molecule has 98 valence electrons. The molecule has 4 atom stereocenters. The number of benzene rings is 1. The highest BCUT2D eigenvalue weighted by atomic mass is 16.6. The van der Waals surface area contributed by atoms with Crippen LogP contribution in [0.4, 0.5) is 0 Å². The first-order valence-corrected chi connectivity index (χ1v) is 5.75. The fraction of sp³-hybridized carbons (Fsp3) is 0.462. The summed E-state index contributed by atoms with van der Waals surface area (Å²) in [6, 6.07) is 8.56. The maximum Gasteiger partial charge on any atom is 0.194 e. The zero-order valence-corrected chi connectivity index (χ0v) is 10.0. The second-order valence-corrected chi connectivity index (χ2v) is 4.26. The SMILES string of the molecule is COC[C@H]1O[C@@H](C(=O)c2ccccc2)C(O)C1O. The predicted molar refractivity (Wildman–Crippen MR) is 63.3 cm³/mol. The van der Waals surface area contributed by atoms with Crippen LogP contribution in [0, 0.1) is 0 Å². The van der Waals surface area contributed by atoms with Crippen LogP contribution in [0.5, 0.6) is 0 Å². The molecule has 0 bridgehead atoms. The zero-order chi connectivity index (χ0) is 13.1. The fourth-order valence-electron chi connectivity index (χ4n) is 2.03. The first-order valence-electron chi connectivity index (χ1n) is 5.75. The van der Waals surface area contributed by atoms with Gasteiger partial charge in [0.05, 0.1) is 6.61 Å². The number of aliphatic hydroxyl groups excluding tert-OH is 2. The van der Waals surface area contributed by atoms with Crippen molar-refractivity contribution in [2.45, 2.75) is 24.4 Å². The highest BCUT2D eigenvalue weighted by Crippen LogP contribution is 2.24. The van der Waals surface area contributed by atoms with Gasteiger partial charge in [-0.15, -0.1) is 0 Å². The molecule has 0 aromatic heterocycles. The minimum atomic E-state index is -1.22. The molecule has 0 spiro atoms. The molecule has 1 aliphatic heterocycles. The molecular formula is C13H16O5. The number of carbonyl (C=O) groups excluding carboxylic acids is 1. The molecule has 0 radical (unpaired) electrons. The summed E-state index contributed by atoms with van der Waals surface area (Å²) < 4.78 is 10.2. The van der Waals surface area contributed by atoms with Gasteiger partial charge in [0, 0.05) is 12.7 Å². The Hall–Kier alpha value is -1.27. The van der Waals surface area contributed by atoms with Crippen LogP contribution in [-0.2, 0) is 9.47 Å². The summed E-state index contributed by atoms with van der Waals surface area (Å²) in [5.74, 6) is -0.333. The molecule has 0 aliphatic carbocycles. The lowest BCUT2D eigenvalue weighted by Gasteiger charge is -2.13. The van der Waals surface area contributed by atoms with Crippen molar-refractivity contribution in [1.82, 2.24) is 0 Å². The minimum absolute atomic E-state index is 0.136. The first kappa shape index (κ1) is 13.2. The van der Waals surface area contributed by atoms with E-state index in [-0.39, 0.29) is 12.4 Å². The van der Waals surface area contributed by atoms with Crippen LogP contribution >= 0.6 is 0 Å². The van der Waals surface area contributed by atoms with E-state index in [0.717, 1.165) is 0 Å². The summed E-state index contributed by atoms with van der Waals surface area (Å²) in [4.78, 5) is 12.1. The van der Waals surface area contributed by atoms with Gasteiger partial charge < -0.3 is 19.7 Å². The number of methoxy groups -OCH3 is 1. The lowest BCUT2D eigenvalue weighted by atomic mass is 10.0. The van der Waals surface area contributed by atoms with Gasteiger partial charge in [-0.2, -0.15) is 0 Å². The van der Waals surface area contributed by atoms with E-state index in [0.29, 0.717) is 5.56 Å². The quantitative estimate of drug-likeness (QED) is 0.738. The number of rotatable bonds is 4. The van der Waals surface area contributed by atoms with Gasteiger partial charge in [-0.1, -0.05) is 30.3 Å². The van der Waals surface area contributed by atoms with Gasteiger partial charge in [-0.25, -0.2) is 0 Å². The number of ether oxygens (including phenoxy) is 2. The summed E-state index contributed by atoms with van der Waals surface area (Å²) in [6.45, 7) is 0.136. The molecule has 1 aromatic rings. The Morgan fingerprint density at radius 3 is 2.56 bits per heavy atom. The number of Topliss-reactive ketones (excluding diaryl/α,β-unsaturated/α-hetero) is 1. The van der Waals surface area contributed by atoms with Gasteiger partial charge in [0.15, 0.2) is 5.78 Å². The van der Waals surface area contributed by atoms with E-state index in [4.69, 9.17) is 9.47 Å². The van der Waals surface area contributed by atoms with E-state index in [1.807, 2.05) is 0 Å². The van der Waals surface area contributed by atoms with Crippen LogP contribution in [0.1, 0.15) is 10.4 Å². The zero-order valence-electron chi connectivity index (χ0n) is 10.0. The summed E-state index contributed by atoms with van der Waals surface area (Å²) >= 11 is 0. The molecule has 1 heterocycles. The molecule has 5 nitrogen and oxygen atoms in total. The van der Waals surface area contributed by atoms with E-state index < -0.39 is 24.4 Å². The van der Waals surface area contributed by atoms with E-state index in [9.17, 15) is 15.0 Å². The number of hydrogen-bond donors (Lipinski definition) is 2. The van der Waals surface area contributed by atoms with Crippen molar-refractivity contribution in [1.29, 1.82) is 0 Å². The van der Waals surface area contributed by atoms with Crippen LogP contribution < -0.4 is 0 Å². The number of hydrogen-bond acceptors (Lipinski definition) is 5. The Morgan fingerprint density at radius 2 is 1.94 bits per heavy atom. The molecule has 1 fully saturated rings. The average molecular weight is 252 g/mol. The normalized spacial score (nSPS) is 31.5. The molecule has 1 aliphatic rings. The Labute approximate surface area is 105 Å².